The van der Waals surface area contributed by atoms with Crippen LogP contribution in [0.15, 0.2) is 36.4 Å². The summed E-state index contributed by atoms with van der Waals surface area (Å²) in [4.78, 5) is 19.5. The Morgan fingerprint density at radius 3 is 2.77 bits per heavy atom. The van der Waals surface area contributed by atoms with Gasteiger partial charge in [-0.3, -0.25) is 4.79 Å². The third-order valence-corrected chi connectivity index (χ3v) is 8.50. The van der Waals surface area contributed by atoms with Crippen molar-refractivity contribution < 1.29 is 19.7 Å². The van der Waals surface area contributed by atoms with E-state index in [9.17, 15) is 15.0 Å². The summed E-state index contributed by atoms with van der Waals surface area (Å²) in [5.74, 6) is 0.404. The molecule has 1 spiro atoms. The second-order valence-electron chi connectivity index (χ2n) is 10.0. The first-order valence-corrected chi connectivity index (χ1v) is 12.5. The third-order valence-electron chi connectivity index (χ3n) is 8.50. The minimum Gasteiger partial charge on any atom is -0.504 e. The Hall–Kier alpha value is -3.16. The normalized spacial score (nSPS) is 29.4. The van der Waals surface area contributed by atoms with Gasteiger partial charge in [0.15, 0.2) is 17.6 Å². The Morgan fingerprint density at radius 1 is 1.23 bits per heavy atom. The second-order valence-corrected chi connectivity index (χ2v) is 10.0. The maximum absolute atomic E-state index is 12.6. The summed E-state index contributed by atoms with van der Waals surface area (Å²) in [6.45, 7) is 6.32. The molecule has 1 saturated heterocycles. The molecule has 2 aromatic carbocycles. The summed E-state index contributed by atoms with van der Waals surface area (Å²) in [6.07, 6.45) is 1.20. The van der Waals surface area contributed by atoms with E-state index < -0.39 is 17.1 Å². The number of anilines is 1. The van der Waals surface area contributed by atoms with Gasteiger partial charge in [0, 0.05) is 35.9 Å². The van der Waals surface area contributed by atoms with E-state index in [1.165, 1.54) is 6.92 Å². The molecule has 2 bridgehead atoms. The molecule has 4 atom stereocenters. The average molecular weight is 474 g/mol. The monoisotopic (exact) mass is 473 g/mol. The highest BCUT2D eigenvalue weighted by molar-refractivity contribution is 6.02. The molecule has 2 aliphatic carbocycles. The van der Waals surface area contributed by atoms with Crippen LogP contribution in [0.3, 0.4) is 0 Å². The molecular weight excluding hydrogens is 442 g/mol. The van der Waals surface area contributed by atoms with E-state index in [-0.39, 0.29) is 17.7 Å². The molecule has 2 aliphatic heterocycles. The van der Waals surface area contributed by atoms with Gasteiger partial charge in [-0.25, -0.2) is 4.98 Å². The van der Waals surface area contributed by atoms with E-state index in [0.29, 0.717) is 30.7 Å². The molecule has 2 unspecified atom stereocenters. The highest BCUT2D eigenvalue weighted by atomic mass is 16.5. The van der Waals surface area contributed by atoms with Gasteiger partial charge >= 0.3 is 0 Å². The van der Waals surface area contributed by atoms with E-state index >= 15 is 0 Å². The van der Waals surface area contributed by atoms with Crippen molar-refractivity contribution >= 4 is 22.5 Å². The number of fused-ring (bicyclic) bond motifs is 3. The van der Waals surface area contributed by atoms with Gasteiger partial charge in [-0.1, -0.05) is 38.1 Å². The van der Waals surface area contributed by atoms with Gasteiger partial charge in [0.2, 0.25) is 5.91 Å². The van der Waals surface area contributed by atoms with Gasteiger partial charge in [0.05, 0.1) is 27.9 Å². The largest absolute Gasteiger partial charge is 0.504 e. The van der Waals surface area contributed by atoms with E-state index in [0.717, 1.165) is 39.8 Å². The number of likely N-dealkylation sites (N-methyl/N-ethyl adjacent to an activating group) is 1. The maximum Gasteiger partial charge on any atom is 0.221 e. The number of hydrogen-bond acceptors (Lipinski definition) is 6. The molecule has 7 rings (SSSR count). The van der Waals surface area contributed by atoms with E-state index in [4.69, 9.17) is 9.72 Å². The molecule has 7 nitrogen and oxygen atoms in total. The van der Waals surface area contributed by atoms with Crippen molar-refractivity contribution in [1.29, 1.82) is 0 Å². The zero-order chi connectivity index (χ0) is 24.7. The minimum absolute atomic E-state index is 0.0988. The molecule has 1 amide bonds. The summed E-state index contributed by atoms with van der Waals surface area (Å²) >= 11 is 0. The number of carbonyl (C=O) groups is 1. The van der Waals surface area contributed by atoms with Crippen molar-refractivity contribution in [2.45, 2.75) is 63.2 Å². The Balaban J connectivity index is 0.00000112. The molecule has 1 fully saturated rings. The highest BCUT2D eigenvalue weighted by Crippen LogP contribution is 2.68. The van der Waals surface area contributed by atoms with Crippen LogP contribution < -0.4 is 10.1 Å². The van der Waals surface area contributed by atoms with Crippen LogP contribution in [-0.2, 0) is 23.1 Å². The molecule has 0 saturated carbocycles. The van der Waals surface area contributed by atoms with Crippen molar-refractivity contribution in [2.75, 3.05) is 18.9 Å². The van der Waals surface area contributed by atoms with Crippen LogP contribution in [0.4, 0.5) is 5.69 Å². The molecule has 4 aliphatic rings. The quantitative estimate of drug-likeness (QED) is 0.497. The van der Waals surface area contributed by atoms with Crippen LogP contribution >= 0.6 is 0 Å². The first-order chi connectivity index (χ1) is 16.8. The fraction of sp³-hybridized carbons (Fsp3) is 0.429. The van der Waals surface area contributed by atoms with Crippen molar-refractivity contribution in [2.24, 2.45) is 0 Å². The smallest absolute Gasteiger partial charge is 0.221 e. The number of benzene rings is 2. The van der Waals surface area contributed by atoms with Crippen LogP contribution in [0, 0.1) is 0 Å². The van der Waals surface area contributed by atoms with Gasteiger partial charge in [-0.2, -0.15) is 0 Å². The average Bonchev–Trinajstić information content (AvgIpc) is 3.20. The third kappa shape index (κ3) is 2.63. The predicted molar refractivity (Wildman–Crippen MR) is 134 cm³/mol. The number of aromatic hydroxyl groups is 1. The summed E-state index contributed by atoms with van der Waals surface area (Å²) in [6, 6.07) is 11.3. The number of phenols is 1. The summed E-state index contributed by atoms with van der Waals surface area (Å²) < 4.78 is 6.54. The number of rotatable bonds is 1. The second kappa shape index (κ2) is 7.42. The number of nitrogens with one attached hydrogen (secondary N) is 1. The number of phenolic OH excluding ortho intramolecular Hbond substituents is 1. The molecule has 0 radical (unpaired) electrons. The predicted octanol–water partition coefficient (Wildman–Crippen LogP) is 3.84. The Labute approximate surface area is 204 Å². The lowest BCUT2D eigenvalue weighted by Crippen LogP contribution is -2.74. The topological polar surface area (TPSA) is 94.9 Å². The zero-order valence-corrected chi connectivity index (χ0v) is 20.6. The first kappa shape index (κ1) is 22.3. The lowest BCUT2D eigenvalue weighted by molar-refractivity contribution is -0.167. The molecule has 3 aromatic rings. The molecular formula is C28H31N3O4. The number of carbonyl (C=O) groups excluding carboxylic acids is 1. The fourth-order valence-corrected chi connectivity index (χ4v) is 7.18. The molecule has 1 aromatic heterocycles. The number of pyridine rings is 1. The molecule has 3 N–H and O–H groups in total. The lowest BCUT2D eigenvalue weighted by atomic mass is 9.49. The number of amides is 1. The van der Waals surface area contributed by atoms with Crippen LogP contribution in [-0.4, -0.2) is 51.2 Å². The molecule has 182 valence electrons. The van der Waals surface area contributed by atoms with Gasteiger partial charge < -0.3 is 25.2 Å². The Morgan fingerprint density at radius 2 is 2.00 bits per heavy atom. The first-order valence-electron chi connectivity index (χ1n) is 12.5. The number of aromatic nitrogens is 1. The maximum atomic E-state index is 12.6. The number of hydrogen-bond donors (Lipinski definition) is 3. The molecule has 3 heterocycles. The van der Waals surface area contributed by atoms with Crippen LogP contribution in [0.2, 0.25) is 0 Å². The minimum atomic E-state index is -1.12. The zero-order valence-electron chi connectivity index (χ0n) is 20.6. The standard InChI is InChI=1S/C26H25N3O4.C2H6/c1-13(30)27-21-15-5-3-4-6-17(15)28-22-16(21)12-26(32)19-11-14-7-8-18(31)23-20(14)25(26,24(22)33-23)9-10-29(19)2;1-2/h3-8,19,24,31-32H,9-12H2,1-2H3,(H,27,28,30);1-2H3/t19-,24?,25+,26?;/m1./s1. The SMILES string of the molecule is CC.CC(=O)Nc1c2c(nc3ccccc13)C1Oc3c(O)ccc4c3[C@@]13CCN(C)[C@H](C4)C3(O)C2. The van der Waals surface area contributed by atoms with Crippen molar-refractivity contribution in [3.8, 4) is 11.5 Å². The lowest BCUT2D eigenvalue weighted by Gasteiger charge is -2.62. The molecule has 7 heteroatoms. The van der Waals surface area contributed by atoms with Crippen molar-refractivity contribution in [3.05, 3.63) is 58.8 Å². The van der Waals surface area contributed by atoms with Crippen molar-refractivity contribution in [3.63, 3.8) is 0 Å². The number of para-hydroxylation sites is 1. The summed E-state index contributed by atoms with van der Waals surface area (Å²) in [5.41, 5.74) is 3.28. The van der Waals surface area contributed by atoms with Crippen molar-refractivity contribution in [1.82, 2.24) is 9.88 Å². The van der Waals surface area contributed by atoms with Gasteiger partial charge in [-0.15, -0.1) is 0 Å². The van der Waals surface area contributed by atoms with Gasteiger partial charge in [0.25, 0.3) is 0 Å². The molecule has 35 heavy (non-hydrogen) atoms. The van der Waals surface area contributed by atoms with Crippen LogP contribution in [0.1, 0.15) is 55.7 Å². The number of ether oxygens (including phenoxy) is 1. The summed E-state index contributed by atoms with van der Waals surface area (Å²) in [5, 5.41) is 27.2. The number of aliphatic hydroxyl groups is 1. The Kier molecular flexibility index (Phi) is 4.73. The highest BCUT2D eigenvalue weighted by Gasteiger charge is 2.72. The van der Waals surface area contributed by atoms with E-state index in [1.54, 1.807) is 6.07 Å². The van der Waals surface area contributed by atoms with Gasteiger partial charge in [0.1, 0.15) is 0 Å². The number of likely N-dealkylation sites (tertiary alicyclic amines) is 1. The Bertz CT molecular complexity index is 1390. The van der Waals surface area contributed by atoms with E-state index in [2.05, 4.69) is 17.3 Å². The fourth-order valence-electron chi connectivity index (χ4n) is 7.18. The van der Waals surface area contributed by atoms with Crippen LogP contribution in [0.25, 0.3) is 10.9 Å². The van der Waals surface area contributed by atoms with E-state index in [1.807, 2.05) is 44.2 Å². The number of piperidine rings is 1. The summed E-state index contributed by atoms with van der Waals surface area (Å²) in [7, 11) is 2.06. The number of nitrogens with zero attached hydrogens (tertiary/aromatic N) is 2. The van der Waals surface area contributed by atoms with Crippen LogP contribution in [0.5, 0.6) is 11.5 Å². The van der Waals surface area contributed by atoms with Gasteiger partial charge in [-0.05, 0) is 44.1 Å².